The van der Waals surface area contributed by atoms with Gasteiger partial charge in [-0.25, -0.2) is 4.98 Å². The average Bonchev–Trinajstić information content (AvgIpc) is 2.87. The SMILES string of the molecule is c1nc2ccc(CC3CCCN3)cc2[nH]1. The smallest absolute Gasteiger partial charge is 0.0931 e. The Bertz CT molecular complexity index is 455. The second kappa shape index (κ2) is 3.66. The maximum Gasteiger partial charge on any atom is 0.0931 e. The Morgan fingerprint density at radius 1 is 1.40 bits per heavy atom. The van der Waals surface area contributed by atoms with E-state index in [9.17, 15) is 0 Å². The number of benzene rings is 1. The first kappa shape index (κ1) is 8.92. The minimum absolute atomic E-state index is 0.672. The highest BCUT2D eigenvalue weighted by Crippen LogP contribution is 2.16. The van der Waals surface area contributed by atoms with Gasteiger partial charge in [-0.1, -0.05) is 6.07 Å². The lowest BCUT2D eigenvalue weighted by Crippen LogP contribution is -2.23. The van der Waals surface area contributed by atoms with Crippen molar-refractivity contribution in [2.45, 2.75) is 25.3 Å². The fraction of sp³-hybridized carbons (Fsp3) is 0.417. The lowest BCUT2D eigenvalue weighted by atomic mass is 10.0. The Kier molecular flexibility index (Phi) is 2.18. The number of rotatable bonds is 2. The van der Waals surface area contributed by atoms with E-state index in [1.165, 1.54) is 24.9 Å². The minimum atomic E-state index is 0.672. The van der Waals surface area contributed by atoms with E-state index in [1.807, 2.05) is 0 Å². The fourth-order valence-electron chi connectivity index (χ4n) is 2.33. The molecule has 2 aromatic rings. The Hall–Kier alpha value is -1.35. The molecule has 1 aliphatic heterocycles. The van der Waals surface area contributed by atoms with Crippen molar-refractivity contribution < 1.29 is 0 Å². The lowest BCUT2D eigenvalue weighted by Gasteiger charge is -2.09. The summed E-state index contributed by atoms with van der Waals surface area (Å²) in [7, 11) is 0. The Labute approximate surface area is 88.9 Å². The molecule has 1 atom stereocenters. The molecule has 0 bridgehead atoms. The van der Waals surface area contributed by atoms with Gasteiger partial charge in [-0.05, 0) is 43.5 Å². The summed E-state index contributed by atoms with van der Waals surface area (Å²) in [5.74, 6) is 0. The number of imidazole rings is 1. The largest absolute Gasteiger partial charge is 0.345 e. The number of hydrogen-bond donors (Lipinski definition) is 2. The molecular weight excluding hydrogens is 186 g/mol. The van der Waals surface area contributed by atoms with Crippen molar-refractivity contribution in [2.75, 3.05) is 6.54 Å². The van der Waals surface area contributed by atoms with Crippen LogP contribution in [0.15, 0.2) is 24.5 Å². The van der Waals surface area contributed by atoms with Gasteiger partial charge in [0.25, 0.3) is 0 Å². The molecule has 1 unspecified atom stereocenters. The van der Waals surface area contributed by atoms with Crippen molar-refractivity contribution in [3.8, 4) is 0 Å². The zero-order valence-electron chi connectivity index (χ0n) is 8.66. The molecule has 3 nitrogen and oxygen atoms in total. The van der Waals surface area contributed by atoms with Crippen molar-refractivity contribution in [3.63, 3.8) is 0 Å². The van der Waals surface area contributed by atoms with Crippen LogP contribution in [0.5, 0.6) is 0 Å². The quantitative estimate of drug-likeness (QED) is 0.778. The second-order valence-corrected chi connectivity index (χ2v) is 4.25. The molecule has 1 aromatic heterocycles. The molecule has 0 amide bonds. The summed E-state index contributed by atoms with van der Waals surface area (Å²) in [6.45, 7) is 1.18. The predicted molar refractivity (Wildman–Crippen MR) is 60.8 cm³/mol. The van der Waals surface area contributed by atoms with Crippen LogP contribution in [-0.2, 0) is 6.42 Å². The van der Waals surface area contributed by atoms with E-state index < -0.39 is 0 Å². The molecule has 2 heterocycles. The average molecular weight is 201 g/mol. The maximum absolute atomic E-state index is 4.22. The number of aromatic amines is 1. The Morgan fingerprint density at radius 2 is 2.40 bits per heavy atom. The summed E-state index contributed by atoms with van der Waals surface area (Å²) in [6.07, 6.45) is 5.51. The summed E-state index contributed by atoms with van der Waals surface area (Å²) < 4.78 is 0. The summed E-state index contributed by atoms with van der Waals surface area (Å²) in [5, 5.41) is 3.52. The predicted octanol–water partition coefficient (Wildman–Crippen LogP) is 1.86. The van der Waals surface area contributed by atoms with Gasteiger partial charge in [0.2, 0.25) is 0 Å². The van der Waals surface area contributed by atoms with Gasteiger partial charge < -0.3 is 10.3 Å². The van der Waals surface area contributed by atoms with E-state index in [4.69, 9.17) is 0 Å². The molecular formula is C12H15N3. The lowest BCUT2D eigenvalue weighted by molar-refractivity contribution is 0.603. The van der Waals surface area contributed by atoms with E-state index in [1.54, 1.807) is 6.33 Å². The molecule has 0 spiro atoms. The van der Waals surface area contributed by atoms with Gasteiger partial charge in [0.05, 0.1) is 17.4 Å². The zero-order valence-corrected chi connectivity index (χ0v) is 8.66. The van der Waals surface area contributed by atoms with E-state index in [0.717, 1.165) is 17.5 Å². The van der Waals surface area contributed by atoms with E-state index in [2.05, 4.69) is 33.5 Å². The number of fused-ring (bicyclic) bond motifs is 1. The van der Waals surface area contributed by atoms with Crippen molar-refractivity contribution in [3.05, 3.63) is 30.1 Å². The molecule has 2 N–H and O–H groups in total. The molecule has 1 fully saturated rings. The van der Waals surface area contributed by atoms with Gasteiger partial charge in [0.15, 0.2) is 0 Å². The van der Waals surface area contributed by atoms with Crippen molar-refractivity contribution in [1.82, 2.24) is 15.3 Å². The van der Waals surface area contributed by atoms with Crippen LogP contribution in [0.2, 0.25) is 0 Å². The molecule has 78 valence electrons. The second-order valence-electron chi connectivity index (χ2n) is 4.25. The molecule has 1 saturated heterocycles. The molecule has 3 heteroatoms. The van der Waals surface area contributed by atoms with Crippen LogP contribution in [0, 0.1) is 0 Å². The highest BCUT2D eigenvalue weighted by Gasteiger charge is 2.14. The van der Waals surface area contributed by atoms with Crippen LogP contribution >= 0.6 is 0 Å². The van der Waals surface area contributed by atoms with Gasteiger partial charge in [-0.3, -0.25) is 0 Å². The summed E-state index contributed by atoms with van der Waals surface area (Å²) in [6, 6.07) is 7.16. The number of H-pyrrole nitrogens is 1. The zero-order chi connectivity index (χ0) is 10.1. The molecule has 0 aliphatic carbocycles. The Morgan fingerprint density at radius 3 is 3.27 bits per heavy atom. The van der Waals surface area contributed by atoms with Crippen molar-refractivity contribution in [2.24, 2.45) is 0 Å². The summed E-state index contributed by atoms with van der Waals surface area (Å²) in [4.78, 5) is 7.37. The molecule has 3 rings (SSSR count). The third kappa shape index (κ3) is 1.75. The monoisotopic (exact) mass is 201 g/mol. The first-order chi connectivity index (χ1) is 7.42. The molecule has 1 aromatic carbocycles. The number of hydrogen-bond acceptors (Lipinski definition) is 2. The van der Waals surface area contributed by atoms with E-state index in [-0.39, 0.29) is 0 Å². The van der Waals surface area contributed by atoms with Gasteiger partial charge >= 0.3 is 0 Å². The van der Waals surface area contributed by atoms with Crippen LogP contribution in [0.3, 0.4) is 0 Å². The topological polar surface area (TPSA) is 40.7 Å². The van der Waals surface area contributed by atoms with Crippen LogP contribution < -0.4 is 5.32 Å². The van der Waals surface area contributed by atoms with Gasteiger partial charge in [0, 0.05) is 6.04 Å². The first-order valence-electron chi connectivity index (χ1n) is 5.57. The summed E-state index contributed by atoms with van der Waals surface area (Å²) in [5.41, 5.74) is 3.59. The van der Waals surface area contributed by atoms with Gasteiger partial charge in [-0.2, -0.15) is 0 Å². The molecule has 0 radical (unpaired) electrons. The van der Waals surface area contributed by atoms with Crippen LogP contribution in [-0.4, -0.2) is 22.6 Å². The molecule has 1 aliphatic rings. The minimum Gasteiger partial charge on any atom is -0.345 e. The van der Waals surface area contributed by atoms with Gasteiger partial charge in [-0.15, -0.1) is 0 Å². The normalized spacial score (nSPS) is 21.2. The maximum atomic E-state index is 4.22. The highest BCUT2D eigenvalue weighted by atomic mass is 14.9. The molecule has 15 heavy (non-hydrogen) atoms. The van der Waals surface area contributed by atoms with Crippen LogP contribution in [0.25, 0.3) is 11.0 Å². The van der Waals surface area contributed by atoms with Crippen LogP contribution in [0.1, 0.15) is 18.4 Å². The third-order valence-electron chi connectivity index (χ3n) is 3.13. The van der Waals surface area contributed by atoms with Crippen LogP contribution in [0.4, 0.5) is 0 Å². The van der Waals surface area contributed by atoms with E-state index in [0.29, 0.717) is 6.04 Å². The highest BCUT2D eigenvalue weighted by molar-refractivity contribution is 5.75. The van der Waals surface area contributed by atoms with Gasteiger partial charge in [0.1, 0.15) is 0 Å². The van der Waals surface area contributed by atoms with Crippen molar-refractivity contribution in [1.29, 1.82) is 0 Å². The van der Waals surface area contributed by atoms with E-state index >= 15 is 0 Å². The number of nitrogens with one attached hydrogen (secondary N) is 2. The first-order valence-corrected chi connectivity index (χ1v) is 5.57. The standard InChI is InChI=1S/C12H15N3/c1-2-10(13-5-1)6-9-3-4-11-12(7-9)15-8-14-11/h3-4,7-8,10,13H,1-2,5-6H2,(H,14,15). The molecule has 0 saturated carbocycles. The fourth-order valence-corrected chi connectivity index (χ4v) is 2.33. The summed E-state index contributed by atoms with van der Waals surface area (Å²) >= 11 is 0. The Balaban J connectivity index is 1.84. The van der Waals surface area contributed by atoms with Crippen molar-refractivity contribution >= 4 is 11.0 Å². The number of aromatic nitrogens is 2. The third-order valence-corrected chi connectivity index (χ3v) is 3.13. The number of nitrogens with zero attached hydrogens (tertiary/aromatic N) is 1.